The Morgan fingerprint density at radius 2 is 1.70 bits per heavy atom. The molecular formula is C28H32FN3O4S. The van der Waals surface area contributed by atoms with E-state index in [0.717, 1.165) is 5.39 Å². The van der Waals surface area contributed by atoms with Gasteiger partial charge in [0.2, 0.25) is 11.8 Å². The Bertz CT molecular complexity index is 1400. The molecule has 0 aromatic heterocycles. The Kier molecular flexibility index (Phi) is 7.82. The van der Waals surface area contributed by atoms with E-state index in [4.69, 9.17) is 0 Å². The van der Waals surface area contributed by atoms with Crippen molar-refractivity contribution in [1.82, 2.24) is 10.2 Å². The van der Waals surface area contributed by atoms with Gasteiger partial charge in [-0.3, -0.25) is 13.9 Å². The molecule has 1 heterocycles. The summed E-state index contributed by atoms with van der Waals surface area (Å²) in [6.07, 6.45) is 0.749. The molecule has 1 unspecified atom stereocenters. The molecule has 196 valence electrons. The molecule has 1 N–H and O–H groups in total. The standard InChI is InChI=1S/C28H32FN3O4S/c1-4-23(28(34)30-19(2)3)31(18-20-13-15-22(29)16-14-20)26(33)12-7-17-32-24-10-5-8-21-9-6-11-25(27(21)24)37(32,35)36/h5-6,8-11,13-16,19,23H,4,7,12,17-18H2,1-3H3,(H,30,34). The van der Waals surface area contributed by atoms with E-state index in [1.807, 2.05) is 39.0 Å². The molecule has 0 bridgehead atoms. The largest absolute Gasteiger partial charge is 0.352 e. The fourth-order valence-corrected chi connectivity index (χ4v) is 6.55. The van der Waals surface area contributed by atoms with Gasteiger partial charge in [-0.05, 0) is 61.9 Å². The van der Waals surface area contributed by atoms with Crippen molar-refractivity contribution in [2.75, 3.05) is 10.8 Å². The Morgan fingerprint density at radius 3 is 2.35 bits per heavy atom. The summed E-state index contributed by atoms with van der Waals surface area (Å²) < 4.78 is 41.3. The van der Waals surface area contributed by atoms with Crippen LogP contribution in [-0.4, -0.2) is 43.8 Å². The van der Waals surface area contributed by atoms with Gasteiger partial charge in [0.25, 0.3) is 10.0 Å². The van der Waals surface area contributed by atoms with Gasteiger partial charge in [-0.1, -0.05) is 43.3 Å². The third-order valence-corrected chi connectivity index (χ3v) is 8.37. The molecule has 1 aliphatic rings. The average Bonchev–Trinajstić information content (AvgIpc) is 3.07. The molecule has 1 atom stereocenters. The molecular weight excluding hydrogens is 493 g/mol. The van der Waals surface area contributed by atoms with E-state index in [1.165, 1.54) is 21.3 Å². The van der Waals surface area contributed by atoms with Gasteiger partial charge in [-0.15, -0.1) is 0 Å². The number of nitrogens with zero attached hydrogens (tertiary/aromatic N) is 2. The van der Waals surface area contributed by atoms with Crippen LogP contribution in [0.4, 0.5) is 10.1 Å². The molecule has 0 aliphatic carbocycles. The van der Waals surface area contributed by atoms with Crippen LogP contribution in [0.5, 0.6) is 0 Å². The first-order valence-corrected chi connectivity index (χ1v) is 14.0. The number of carbonyl (C=O) groups is 2. The molecule has 3 aromatic rings. The highest BCUT2D eigenvalue weighted by molar-refractivity contribution is 7.93. The Hall–Kier alpha value is -3.46. The summed E-state index contributed by atoms with van der Waals surface area (Å²) in [7, 11) is -3.71. The van der Waals surface area contributed by atoms with Gasteiger partial charge in [0.15, 0.2) is 0 Å². The van der Waals surface area contributed by atoms with Crippen molar-refractivity contribution in [2.24, 2.45) is 0 Å². The van der Waals surface area contributed by atoms with E-state index >= 15 is 0 Å². The molecule has 0 spiro atoms. The van der Waals surface area contributed by atoms with E-state index in [-0.39, 0.29) is 54.5 Å². The molecule has 0 saturated carbocycles. The van der Waals surface area contributed by atoms with Crippen molar-refractivity contribution >= 4 is 38.3 Å². The van der Waals surface area contributed by atoms with Gasteiger partial charge in [0.1, 0.15) is 11.9 Å². The second kappa shape index (κ2) is 10.9. The normalized spacial score (nSPS) is 14.7. The van der Waals surface area contributed by atoms with Gasteiger partial charge in [-0.25, -0.2) is 12.8 Å². The number of halogens is 1. The number of amides is 2. The minimum atomic E-state index is -3.71. The summed E-state index contributed by atoms with van der Waals surface area (Å²) in [5.74, 6) is -0.895. The highest BCUT2D eigenvalue weighted by Crippen LogP contribution is 2.42. The van der Waals surface area contributed by atoms with Crippen molar-refractivity contribution < 1.29 is 22.4 Å². The maximum atomic E-state index is 13.5. The topological polar surface area (TPSA) is 86.8 Å². The van der Waals surface area contributed by atoms with E-state index in [2.05, 4.69) is 5.32 Å². The second-order valence-electron chi connectivity index (χ2n) is 9.55. The number of rotatable bonds is 10. The predicted octanol–water partition coefficient (Wildman–Crippen LogP) is 4.60. The fourth-order valence-electron chi connectivity index (χ4n) is 4.80. The van der Waals surface area contributed by atoms with E-state index in [1.54, 1.807) is 30.3 Å². The van der Waals surface area contributed by atoms with Crippen LogP contribution in [0.3, 0.4) is 0 Å². The molecule has 1 aliphatic heterocycles. The van der Waals surface area contributed by atoms with Gasteiger partial charge in [0.05, 0.1) is 10.6 Å². The molecule has 2 amide bonds. The first kappa shape index (κ1) is 26.6. The van der Waals surface area contributed by atoms with Crippen LogP contribution in [0, 0.1) is 5.82 Å². The number of nitrogens with one attached hydrogen (secondary N) is 1. The van der Waals surface area contributed by atoms with Gasteiger partial charge >= 0.3 is 0 Å². The quantitative estimate of drug-likeness (QED) is 0.419. The number of hydrogen-bond donors (Lipinski definition) is 1. The van der Waals surface area contributed by atoms with Gasteiger partial charge < -0.3 is 10.2 Å². The smallest absolute Gasteiger partial charge is 0.265 e. The summed E-state index contributed by atoms with van der Waals surface area (Å²) in [6.45, 7) is 5.83. The molecule has 0 saturated heterocycles. The highest BCUT2D eigenvalue weighted by atomic mass is 32.2. The third-order valence-electron chi connectivity index (χ3n) is 6.52. The van der Waals surface area contributed by atoms with Crippen LogP contribution in [-0.2, 0) is 26.2 Å². The molecule has 7 nitrogen and oxygen atoms in total. The van der Waals surface area contributed by atoms with Gasteiger partial charge in [-0.2, -0.15) is 0 Å². The number of benzene rings is 3. The molecule has 4 rings (SSSR count). The summed E-state index contributed by atoms with van der Waals surface area (Å²) in [5.41, 5.74) is 1.32. The average molecular weight is 526 g/mol. The predicted molar refractivity (Wildman–Crippen MR) is 142 cm³/mol. The van der Waals surface area contributed by atoms with E-state index in [9.17, 15) is 22.4 Å². The van der Waals surface area contributed by atoms with E-state index in [0.29, 0.717) is 23.1 Å². The molecule has 0 radical (unpaired) electrons. The van der Waals surface area contributed by atoms with Crippen molar-refractivity contribution in [3.63, 3.8) is 0 Å². The first-order valence-electron chi connectivity index (χ1n) is 12.5. The zero-order chi connectivity index (χ0) is 26.7. The SMILES string of the molecule is CCC(C(=O)NC(C)C)N(Cc1ccc(F)cc1)C(=O)CCCN1c2cccc3cccc(c23)S1(=O)=O. The van der Waals surface area contributed by atoms with Crippen LogP contribution in [0.25, 0.3) is 10.8 Å². The Balaban J connectivity index is 1.52. The monoisotopic (exact) mass is 525 g/mol. The number of hydrogen-bond acceptors (Lipinski definition) is 4. The van der Waals surface area contributed by atoms with Crippen molar-refractivity contribution in [3.05, 3.63) is 72.0 Å². The van der Waals surface area contributed by atoms with Crippen LogP contribution < -0.4 is 9.62 Å². The lowest BCUT2D eigenvalue weighted by Crippen LogP contribution is -2.50. The Labute approximate surface area is 217 Å². The fraction of sp³-hybridized carbons (Fsp3) is 0.357. The van der Waals surface area contributed by atoms with Crippen LogP contribution in [0.15, 0.2) is 65.6 Å². The van der Waals surface area contributed by atoms with Crippen molar-refractivity contribution in [3.8, 4) is 0 Å². The van der Waals surface area contributed by atoms with Crippen molar-refractivity contribution in [2.45, 2.75) is 63.6 Å². The minimum Gasteiger partial charge on any atom is -0.352 e. The second-order valence-corrected chi connectivity index (χ2v) is 11.4. The van der Waals surface area contributed by atoms with E-state index < -0.39 is 16.1 Å². The number of sulfonamides is 1. The zero-order valence-corrected chi connectivity index (χ0v) is 22.1. The highest BCUT2D eigenvalue weighted by Gasteiger charge is 2.35. The third kappa shape index (κ3) is 5.46. The summed E-state index contributed by atoms with van der Waals surface area (Å²) in [5, 5.41) is 4.43. The lowest BCUT2D eigenvalue weighted by atomic mass is 10.1. The molecule has 37 heavy (non-hydrogen) atoms. The first-order chi connectivity index (χ1) is 17.6. The number of anilines is 1. The van der Waals surface area contributed by atoms with Crippen LogP contribution in [0.2, 0.25) is 0 Å². The summed E-state index contributed by atoms with van der Waals surface area (Å²) >= 11 is 0. The lowest BCUT2D eigenvalue weighted by Gasteiger charge is -2.31. The maximum Gasteiger partial charge on any atom is 0.265 e. The molecule has 9 heteroatoms. The minimum absolute atomic E-state index is 0.0605. The summed E-state index contributed by atoms with van der Waals surface area (Å²) in [4.78, 5) is 28.2. The molecule has 0 fully saturated rings. The molecule has 3 aromatic carbocycles. The van der Waals surface area contributed by atoms with Crippen LogP contribution >= 0.6 is 0 Å². The lowest BCUT2D eigenvalue weighted by molar-refractivity contribution is -0.141. The van der Waals surface area contributed by atoms with Crippen LogP contribution in [0.1, 0.15) is 45.6 Å². The van der Waals surface area contributed by atoms with Gasteiger partial charge in [0, 0.05) is 30.9 Å². The summed E-state index contributed by atoms with van der Waals surface area (Å²) in [6, 6.07) is 15.7. The zero-order valence-electron chi connectivity index (χ0n) is 21.3. The van der Waals surface area contributed by atoms with Crippen molar-refractivity contribution in [1.29, 1.82) is 0 Å². The Morgan fingerprint density at radius 1 is 1.03 bits per heavy atom. The maximum absolute atomic E-state index is 13.5. The number of carbonyl (C=O) groups excluding carboxylic acids is 2.